The van der Waals surface area contributed by atoms with Gasteiger partial charge in [0.05, 0.1) is 0 Å². The molecular weight excluding hydrogens is 239 g/mol. The van der Waals surface area contributed by atoms with Crippen LogP contribution in [0.4, 0.5) is 13.2 Å². The topological polar surface area (TPSA) is 12.0 Å². The molecule has 0 fully saturated rings. The predicted molar refractivity (Wildman–Crippen MR) is 67.3 cm³/mol. The van der Waals surface area contributed by atoms with Crippen molar-refractivity contribution in [3.8, 4) is 0 Å². The fourth-order valence-electron chi connectivity index (χ4n) is 1.66. The summed E-state index contributed by atoms with van der Waals surface area (Å²) in [4.78, 5) is 0. The molecule has 102 valence electrons. The molecule has 1 atom stereocenters. The Kier molecular flexibility index (Phi) is 4.79. The quantitative estimate of drug-likeness (QED) is 0.849. The Bertz CT molecular complexity index is 352. The summed E-state index contributed by atoms with van der Waals surface area (Å²) in [5.74, 6) is 0. The summed E-state index contributed by atoms with van der Waals surface area (Å²) in [7, 11) is 0. The summed E-state index contributed by atoms with van der Waals surface area (Å²) in [5.41, 5.74) is 0.290. The van der Waals surface area contributed by atoms with E-state index in [0.717, 1.165) is 0 Å². The van der Waals surface area contributed by atoms with Gasteiger partial charge in [-0.3, -0.25) is 0 Å². The third kappa shape index (κ3) is 5.08. The lowest BCUT2D eigenvalue weighted by molar-refractivity contribution is -0.157. The van der Waals surface area contributed by atoms with Crippen LogP contribution in [-0.2, 0) is 0 Å². The average Bonchev–Trinajstić information content (AvgIpc) is 2.22. The van der Waals surface area contributed by atoms with Crippen LogP contribution < -0.4 is 5.32 Å². The molecule has 1 rings (SSSR count). The highest BCUT2D eigenvalue weighted by Crippen LogP contribution is 2.32. The summed E-state index contributed by atoms with van der Waals surface area (Å²) in [6, 6.07) is 6.39. The molecule has 1 unspecified atom stereocenters. The summed E-state index contributed by atoms with van der Waals surface area (Å²) >= 11 is 0. The molecule has 0 aliphatic rings. The van der Waals surface area contributed by atoms with Gasteiger partial charge in [0.25, 0.3) is 0 Å². The standard InChI is InChI=1S/C14H20F3N/c1-13(2,3)9-10-18-12(14(15,16)17)11-7-5-4-6-8-11/h4-8,12,18H,9-10H2,1-3H3. The van der Waals surface area contributed by atoms with Gasteiger partial charge >= 0.3 is 6.18 Å². The van der Waals surface area contributed by atoms with E-state index in [4.69, 9.17) is 0 Å². The SMILES string of the molecule is CC(C)(C)CCNC(c1ccccc1)C(F)(F)F. The van der Waals surface area contributed by atoms with Crippen LogP contribution in [0, 0.1) is 5.41 Å². The van der Waals surface area contributed by atoms with Crippen LogP contribution in [0.25, 0.3) is 0 Å². The lowest BCUT2D eigenvalue weighted by Gasteiger charge is -2.25. The Morgan fingerprint density at radius 3 is 2.06 bits per heavy atom. The van der Waals surface area contributed by atoms with Crippen molar-refractivity contribution < 1.29 is 13.2 Å². The van der Waals surface area contributed by atoms with Crippen molar-refractivity contribution in [3.05, 3.63) is 35.9 Å². The second kappa shape index (κ2) is 5.74. The maximum Gasteiger partial charge on any atom is 0.407 e. The van der Waals surface area contributed by atoms with Crippen molar-refractivity contribution in [1.82, 2.24) is 5.32 Å². The van der Waals surface area contributed by atoms with E-state index in [1.165, 1.54) is 12.1 Å². The number of alkyl halides is 3. The van der Waals surface area contributed by atoms with Crippen molar-refractivity contribution in [2.24, 2.45) is 5.41 Å². The molecule has 0 aliphatic heterocycles. The van der Waals surface area contributed by atoms with Crippen LogP contribution >= 0.6 is 0 Å². The van der Waals surface area contributed by atoms with Gasteiger partial charge in [0.1, 0.15) is 6.04 Å². The number of halogens is 3. The monoisotopic (exact) mass is 259 g/mol. The molecule has 18 heavy (non-hydrogen) atoms. The molecule has 0 heterocycles. The fraction of sp³-hybridized carbons (Fsp3) is 0.571. The van der Waals surface area contributed by atoms with Crippen molar-refractivity contribution in [2.75, 3.05) is 6.54 Å². The van der Waals surface area contributed by atoms with E-state index in [1.807, 2.05) is 20.8 Å². The Hall–Kier alpha value is -1.03. The van der Waals surface area contributed by atoms with Gasteiger partial charge in [-0.25, -0.2) is 0 Å². The Morgan fingerprint density at radius 2 is 1.61 bits per heavy atom. The molecule has 0 aliphatic carbocycles. The van der Waals surface area contributed by atoms with Crippen molar-refractivity contribution in [1.29, 1.82) is 0 Å². The maximum atomic E-state index is 13.0. The molecule has 0 amide bonds. The molecular formula is C14H20F3N. The summed E-state index contributed by atoms with van der Waals surface area (Å²) in [6.07, 6.45) is -3.56. The van der Waals surface area contributed by atoms with Gasteiger partial charge in [-0.1, -0.05) is 51.1 Å². The number of benzene rings is 1. The number of hydrogen-bond donors (Lipinski definition) is 1. The minimum absolute atomic E-state index is 0.0276. The Labute approximate surface area is 106 Å². The van der Waals surface area contributed by atoms with Gasteiger partial charge in [-0.05, 0) is 23.9 Å². The van der Waals surface area contributed by atoms with Gasteiger partial charge in [0.15, 0.2) is 0 Å². The van der Waals surface area contributed by atoms with E-state index in [0.29, 0.717) is 13.0 Å². The highest BCUT2D eigenvalue weighted by atomic mass is 19.4. The molecule has 0 saturated carbocycles. The van der Waals surface area contributed by atoms with Crippen LogP contribution in [0.1, 0.15) is 38.8 Å². The highest BCUT2D eigenvalue weighted by molar-refractivity contribution is 5.20. The third-order valence-electron chi connectivity index (χ3n) is 2.68. The molecule has 4 heteroatoms. The summed E-state index contributed by atoms with van der Waals surface area (Å²) in [5, 5.41) is 2.61. The summed E-state index contributed by atoms with van der Waals surface area (Å²) in [6.45, 7) is 6.39. The zero-order valence-corrected chi connectivity index (χ0v) is 11.0. The molecule has 0 aromatic heterocycles. The van der Waals surface area contributed by atoms with E-state index >= 15 is 0 Å². The van der Waals surface area contributed by atoms with Crippen LogP contribution in [0.3, 0.4) is 0 Å². The van der Waals surface area contributed by atoms with Crippen molar-refractivity contribution in [3.63, 3.8) is 0 Å². The first-order valence-corrected chi connectivity index (χ1v) is 6.05. The van der Waals surface area contributed by atoms with Crippen molar-refractivity contribution >= 4 is 0 Å². The van der Waals surface area contributed by atoms with Crippen LogP contribution in [-0.4, -0.2) is 12.7 Å². The van der Waals surface area contributed by atoms with Gasteiger partial charge < -0.3 is 5.32 Å². The van der Waals surface area contributed by atoms with Crippen LogP contribution in [0.2, 0.25) is 0 Å². The molecule has 0 bridgehead atoms. The van der Waals surface area contributed by atoms with E-state index in [-0.39, 0.29) is 11.0 Å². The molecule has 1 nitrogen and oxygen atoms in total. The second-order valence-corrected chi connectivity index (χ2v) is 5.65. The van der Waals surface area contributed by atoms with E-state index in [2.05, 4.69) is 5.32 Å². The zero-order chi connectivity index (χ0) is 13.8. The smallest absolute Gasteiger partial charge is 0.302 e. The van der Waals surface area contributed by atoms with Gasteiger partial charge in [-0.2, -0.15) is 13.2 Å². The number of hydrogen-bond acceptors (Lipinski definition) is 1. The van der Waals surface area contributed by atoms with E-state index < -0.39 is 12.2 Å². The predicted octanol–water partition coefficient (Wildman–Crippen LogP) is 4.32. The van der Waals surface area contributed by atoms with Crippen molar-refractivity contribution in [2.45, 2.75) is 39.4 Å². The average molecular weight is 259 g/mol. The van der Waals surface area contributed by atoms with E-state index in [9.17, 15) is 13.2 Å². The zero-order valence-electron chi connectivity index (χ0n) is 11.0. The third-order valence-corrected chi connectivity index (χ3v) is 2.68. The Morgan fingerprint density at radius 1 is 1.06 bits per heavy atom. The van der Waals surface area contributed by atoms with Crippen LogP contribution in [0.15, 0.2) is 30.3 Å². The first-order valence-electron chi connectivity index (χ1n) is 6.05. The largest absolute Gasteiger partial charge is 0.407 e. The maximum absolute atomic E-state index is 13.0. The van der Waals surface area contributed by atoms with Gasteiger partial charge in [0.2, 0.25) is 0 Å². The van der Waals surface area contributed by atoms with Gasteiger partial charge in [0, 0.05) is 0 Å². The van der Waals surface area contributed by atoms with Gasteiger partial charge in [-0.15, -0.1) is 0 Å². The first kappa shape index (κ1) is 15.0. The molecule has 1 N–H and O–H groups in total. The number of rotatable bonds is 4. The number of nitrogens with one attached hydrogen (secondary N) is 1. The Balaban J connectivity index is 2.70. The highest BCUT2D eigenvalue weighted by Gasteiger charge is 2.40. The minimum Gasteiger partial charge on any atom is -0.302 e. The summed E-state index contributed by atoms with van der Waals surface area (Å²) < 4.78 is 38.9. The molecule has 0 spiro atoms. The normalized spacial score (nSPS) is 14.6. The lowest BCUT2D eigenvalue weighted by atomic mass is 9.92. The lowest BCUT2D eigenvalue weighted by Crippen LogP contribution is -2.35. The molecule has 1 aromatic rings. The minimum atomic E-state index is -4.26. The molecule has 0 saturated heterocycles. The second-order valence-electron chi connectivity index (χ2n) is 5.65. The first-order chi connectivity index (χ1) is 8.20. The van der Waals surface area contributed by atoms with Crippen LogP contribution in [0.5, 0.6) is 0 Å². The van der Waals surface area contributed by atoms with E-state index in [1.54, 1.807) is 18.2 Å². The molecule has 0 radical (unpaired) electrons. The fourth-order valence-corrected chi connectivity index (χ4v) is 1.66. The molecule has 1 aromatic carbocycles.